The minimum Gasteiger partial charge on any atom is -0.255 e. The molecule has 0 saturated carbocycles. The first-order valence-electron chi connectivity index (χ1n) is 9.97. The van der Waals surface area contributed by atoms with Crippen molar-refractivity contribution in [2.75, 3.05) is 0 Å². The fraction of sp³-hybridized carbons (Fsp3) is 0. The number of hydrogen-bond donors (Lipinski definition) is 0. The predicted molar refractivity (Wildman–Crippen MR) is 129 cm³/mol. The Morgan fingerprint density at radius 1 is 0.452 bits per heavy atom. The maximum Gasteiger partial charge on any atom is 0.0900 e. The zero-order valence-electron chi connectivity index (χ0n) is 16.6. The van der Waals surface area contributed by atoms with E-state index in [0.717, 1.165) is 38.4 Å². The van der Waals surface area contributed by atoms with E-state index in [4.69, 9.17) is 4.98 Å². The van der Waals surface area contributed by atoms with Gasteiger partial charge in [0.15, 0.2) is 0 Å². The van der Waals surface area contributed by atoms with Crippen LogP contribution in [0.4, 0.5) is 0 Å². The smallest absolute Gasteiger partial charge is 0.0900 e. The molecule has 0 aliphatic rings. The van der Waals surface area contributed by atoms with Gasteiger partial charge in [-0.1, -0.05) is 64.5 Å². The van der Waals surface area contributed by atoms with Crippen molar-refractivity contribution in [1.82, 2.24) is 15.0 Å². The molecule has 0 aliphatic carbocycles. The SMILES string of the molecule is Brc1ccc(-c2ccc(-c3cc(-c4ccccn4)nc(-c4ccccn4)c3)cc2)cc1. The maximum atomic E-state index is 4.84. The predicted octanol–water partition coefficient (Wildman–Crippen LogP) is 7.30. The number of rotatable bonds is 4. The molecule has 0 atom stereocenters. The van der Waals surface area contributed by atoms with E-state index in [2.05, 4.69) is 86.6 Å². The van der Waals surface area contributed by atoms with Crippen LogP contribution >= 0.6 is 15.9 Å². The molecule has 3 aromatic heterocycles. The van der Waals surface area contributed by atoms with Crippen molar-refractivity contribution in [3.8, 4) is 45.0 Å². The minimum absolute atomic E-state index is 0.829. The number of nitrogens with zero attached hydrogens (tertiary/aromatic N) is 3. The first-order valence-corrected chi connectivity index (χ1v) is 10.8. The average Bonchev–Trinajstić information content (AvgIpc) is 2.85. The summed E-state index contributed by atoms with van der Waals surface area (Å²) in [5.74, 6) is 0. The van der Waals surface area contributed by atoms with Crippen molar-refractivity contribution in [1.29, 1.82) is 0 Å². The van der Waals surface area contributed by atoms with Crippen LogP contribution in [-0.2, 0) is 0 Å². The van der Waals surface area contributed by atoms with Crippen molar-refractivity contribution in [3.05, 3.63) is 114 Å². The molecule has 0 spiro atoms. The van der Waals surface area contributed by atoms with E-state index >= 15 is 0 Å². The molecule has 31 heavy (non-hydrogen) atoms. The molecule has 0 radical (unpaired) electrons. The quantitative estimate of drug-likeness (QED) is 0.280. The van der Waals surface area contributed by atoms with Gasteiger partial charge in [0, 0.05) is 16.9 Å². The van der Waals surface area contributed by atoms with Crippen LogP contribution in [-0.4, -0.2) is 15.0 Å². The second-order valence-corrected chi connectivity index (χ2v) is 8.06. The molecule has 0 fully saturated rings. The Morgan fingerprint density at radius 3 is 1.35 bits per heavy atom. The topological polar surface area (TPSA) is 38.7 Å². The monoisotopic (exact) mass is 463 g/mol. The first kappa shape index (κ1) is 19.3. The Balaban J connectivity index is 1.58. The number of pyridine rings is 3. The standard InChI is InChI=1S/C27H18BrN3/c28-23-13-11-20(12-14-23)19-7-9-21(10-8-19)22-17-26(24-5-1-3-15-29-24)31-27(18-22)25-6-2-4-16-30-25/h1-18H. The second-order valence-electron chi connectivity index (χ2n) is 7.14. The first-order chi connectivity index (χ1) is 15.3. The molecule has 0 unspecified atom stereocenters. The van der Waals surface area contributed by atoms with Crippen molar-refractivity contribution < 1.29 is 0 Å². The lowest BCUT2D eigenvalue weighted by Crippen LogP contribution is -1.93. The Bertz CT molecular complexity index is 1240. The third-order valence-electron chi connectivity index (χ3n) is 5.08. The van der Waals surface area contributed by atoms with E-state index in [-0.39, 0.29) is 0 Å². The van der Waals surface area contributed by atoms with Crippen molar-refractivity contribution >= 4 is 15.9 Å². The van der Waals surface area contributed by atoms with Crippen LogP contribution in [0.15, 0.2) is 114 Å². The van der Waals surface area contributed by atoms with E-state index in [0.29, 0.717) is 0 Å². The van der Waals surface area contributed by atoms with Gasteiger partial charge in [-0.3, -0.25) is 9.97 Å². The van der Waals surface area contributed by atoms with Crippen molar-refractivity contribution in [3.63, 3.8) is 0 Å². The van der Waals surface area contributed by atoms with Gasteiger partial charge in [0.2, 0.25) is 0 Å². The van der Waals surface area contributed by atoms with Gasteiger partial charge in [-0.15, -0.1) is 0 Å². The normalized spacial score (nSPS) is 10.7. The molecule has 148 valence electrons. The van der Waals surface area contributed by atoms with Gasteiger partial charge < -0.3 is 0 Å². The highest BCUT2D eigenvalue weighted by Gasteiger charge is 2.10. The summed E-state index contributed by atoms with van der Waals surface area (Å²) >= 11 is 3.50. The number of halogens is 1. The molecule has 0 saturated heterocycles. The minimum atomic E-state index is 0.829. The average molecular weight is 464 g/mol. The molecule has 0 aliphatic heterocycles. The Labute approximate surface area is 189 Å². The van der Waals surface area contributed by atoms with Gasteiger partial charge in [0.25, 0.3) is 0 Å². The summed E-state index contributed by atoms with van der Waals surface area (Å²) in [6.45, 7) is 0. The Kier molecular flexibility index (Phi) is 5.38. The summed E-state index contributed by atoms with van der Waals surface area (Å²) in [6.07, 6.45) is 3.58. The van der Waals surface area contributed by atoms with Crippen molar-refractivity contribution in [2.24, 2.45) is 0 Å². The molecule has 5 aromatic rings. The number of benzene rings is 2. The van der Waals surface area contributed by atoms with Gasteiger partial charge in [-0.05, 0) is 70.8 Å². The van der Waals surface area contributed by atoms with E-state index in [1.807, 2.05) is 36.4 Å². The van der Waals surface area contributed by atoms with Crippen molar-refractivity contribution in [2.45, 2.75) is 0 Å². The van der Waals surface area contributed by atoms with Gasteiger partial charge in [-0.25, -0.2) is 4.98 Å². The van der Waals surface area contributed by atoms with E-state index in [9.17, 15) is 0 Å². The maximum absolute atomic E-state index is 4.84. The van der Waals surface area contributed by atoms with E-state index < -0.39 is 0 Å². The summed E-state index contributed by atoms with van der Waals surface area (Å²) in [6, 6.07) is 32.9. The van der Waals surface area contributed by atoms with Gasteiger partial charge >= 0.3 is 0 Å². The van der Waals surface area contributed by atoms with Gasteiger partial charge in [0.05, 0.1) is 22.8 Å². The molecular weight excluding hydrogens is 446 g/mol. The molecule has 4 heteroatoms. The largest absolute Gasteiger partial charge is 0.255 e. The number of hydrogen-bond acceptors (Lipinski definition) is 3. The summed E-state index contributed by atoms with van der Waals surface area (Å²) in [4.78, 5) is 13.8. The fourth-order valence-electron chi connectivity index (χ4n) is 3.49. The Hall–Kier alpha value is -3.63. The zero-order valence-corrected chi connectivity index (χ0v) is 18.2. The zero-order chi connectivity index (χ0) is 21.0. The lowest BCUT2D eigenvalue weighted by Gasteiger charge is -2.10. The molecule has 3 nitrogen and oxygen atoms in total. The second kappa shape index (κ2) is 8.62. The highest BCUT2D eigenvalue weighted by atomic mass is 79.9. The van der Waals surface area contributed by atoms with E-state index in [1.165, 1.54) is 11.1 Å². The summed E-state index contributed by atoms with van der Waals surface area (Å²) in [7, 11) is 0. The van der Waals surface area contributed by atoms with Crippen LogP contribution in [0.1, 0.15) is 0 Å². The fourth-order valence-corrected chi connectivity index (χ4v) is 3.75. The summed E-state index contributed by atoms with van der Waals surface area (Å²) in [5.41, 5.74) is 7.91. The van der Waals surface area contributed by atoms with Crippen LogP contribution < -0.4 is 0 Å². The van der Waals surface area contributed by atoms with Crippen LogP contribution in [0.5, 0.6) is 0 Å². The summed E-state index contributed by atoms with van der Waals surface area (Å²) < 4.78 is 1.08. The molecule has 0 amide bonds. The molecule has 0 N–H and O–H groups in total. The highest BCUT2D eigenvalue weighted by molar-refractivity contribution is 9.10. The van der Waals surface area contributed by atoms with Crippen LogP contribution in [0.3, 0.4) is 0 Å². The molecule has 2 aromatic carbocycles. The van der Waals surface area contributed by atoms with E-state index in [1.54, 1.807) is 12.4 Å². The third kappa shape index (κ3) is 4.30. The molecule has 3 heterocycles. The number of aromatic nitrogens is 3. The Morgan fingerprint density at radius 2 is 0.903 bits per heavy atom. The lowest BCUT2D eigenvalue weighted by atomic mass is 9.99. The van der Waals surface area contributed by atoms with Crippen LogP contribution in [0.2, 0.25) is 0 Å². The molecule has 5 rings (SSSR count). The third-order valence-corrected chi connectivity index (χ3v) is 5.60. The lowest BCUT2D eigenvalue weighted by molar-refractivity contribution is 1.22. The van der Waals surface area contributed by atoms with Gasteiger partial charge in [-0.2, -0.15) is 0 Å². The van der Waals surface area contributed by atoms with Gasteiger partial charge in [0.1, 0.15) is 0 Å². The van der Waals surface area contributed by atoms with Crippen LogP contribution in [0.25, 0.3) is 45.0 Å². The summed E-state index contributed by atoms with van der Waals surface area (Å²) in [5, 5.41) is 0. The van der Waals surface area contributed by atoms with Crippen LogP contribution in [0, 0.1) is 0 Å². The highest BCUT2D eigenvalue weighted by Crippen LogP contribution is 2.30. The molecule has 0 bridgehead atoms. The molecular formula is C27H18BrN3.